The minimum Gasteiger partial charge on any atom is -0.493 e. The van der Waals surface area contributed by atoms with Crippen molar-refractivity contribution in [2.45, 2.75) is 56.9 Å². The van der Waals surface area contributed by atoms with Gasteiger partial charge in [-0.25, -0.2) is 0 Å². The summed E-state index contributed by atoms with van der Waals surface area (Å²) in [7, 11) is 0. The molecule has 1 aromatic rings. The van der Waals surface area contributed by atoms with Crippen LogP contribution in [-0.2, 0) is 4.79 Å². The number of nitrogens with one attached hydrogen (secondary N) is 1. The van der Waals surface area contributed by atoms with Crippen molar-refractivity contribution in [3.63, 3.8) is 0 Å². The van der Waals surface area contributed by atoms with Crippen LogP contribution in [-0.4, -0.2) is 24.5 Å². The fourth-order valence-corrected chi connectivity index (χ4v) is 3.87. The molecule has 3 heteroatoms. The van der Waals surface area contributed by atoms with Crippen LogP contribution < -0.4 is 10.1 Å². The molecule has 3 nitrogen and oxygen atoms in total. The maximum atomic E-state index is 12.9. The van der Waals surface area contributed by atoms with Crippen LogP contribution in [0.15, 0.2) is 24.3 Å². The zero-order valence-corrected chi connectivity index (χ0v) is 12.9. The van der Waals surface area contributed by atoms with Crippen LogP contribution in [0.1, 0.15) is 56.9 Å². The molecule has 0 radical (unpaired) electrons. The lowest BCUT2D eigenvalue weighted by atomic mass is 9.80. The minimum atomic E-state index is -0.248. The number of para-hydroxylation sites is 1. The van der Waals surface area contributed by atoms with E-state index in [1.165, 1.54) is 5.56 Å². The topological polar surface area (TPSA) is 38.3 Å². The van der Waals surface area contributed by atoms with Gasteiger partial charge >= 0.3 is 0 Å². The number of fused-ring (bicyclic) bond motifs is 1. The van der Waals surface area contributed by atoms with Crippen molar-refractivity contribution < 1.29 is 9.53 Å². The largest absolute Gasteiger partial charge is 0.493 e. The standard InChI is InChI=1S/C18H25NO2/c1-2-9-18(10-5-11-19-18)17(20)13-14-8-12-21-16-7-4-3-6-15(14)16/h3-4,6-7,14,19H,2,5,8-13H2,1H3. The maximum Gasteiger partial charge on any atom is 0.153 e. The van der Waals surface area contributed by atoms with Crippen molar-refractivity contribution >= 4 is 5.78 Å². The first kappa shape index (κ1) is 14.6. The smallest absolute Gasteiger partial charge is 0.153 e. The van der Waals surface area contributed by atoms with Gasteiger partial charge in [-0.05, 0) is 49.8 Å². The molecule has 0 aromatic heterocycles. The second kappa shape index (κ2) is 6.18. The van der Waals surface area contributed by atoms with E-state index < -0.39 is 0 Å². The fourth-order valence-electron chi connectivity index (χ4n) is 3.87. The highest BCUT2D eigenvalue weighted by molar-refractivity contribution is 5.89. The molecule has 1 fully saturated rings. The Morgan fingerprint density at radius 2 is 2.29 bits per heavy atom. The van der Waals surface area contributed by atoms with E-state index in [0.717, 1.165) is 51.0 Å². The fraction of sp³-hybridized carbons (Fsp3) is 0.611. The molecule has 2 aliphatic heterocycles. The summed E-state index contributed by atoms with van der Waals surface area (Å²) in [6.45, 7) is 3.87. The first-order chi connectivity index (χ1) is 10.2. The van der Waals surface area contributed by atoms with Crippen LogP contribution in [0.25, 0.3) is 0 Å². The number of Topliss-reactive ketones (excluding diaryl/α,β-unsaturated/α-hetero) is 1. The lowest BCUT2D eigenvalue weighted by Gasteiger charge is -2.31. The Bertz CT molecular complexity index is 506. The number of rotatable bonds is 5. The minimum absolute atomic E-state index is 0.248. The van der Waals surface area contributed by atoms with Crippen LogP contribution in [0.3, 0.4) is 0 Å². The molecule has 2 atom stereocenters. The van der Waals surface area contributed by atoms with Crippen LogP contribution in [0.4, 0.5) is 0 Å². The monoisotopic (exact) mass is 287 g/mol. The molecule has 0 amide bonds. The summed E-state index contributed by atoms with van der Waals surface area (Å²) in [5, 5.41) is 3.50. The number of benzene rings is 1. The highest BCUT2D eigenvalue weighted by Gasteiger charge is 2.40. The molecule has 2 unspecified atom stereocenters. The first-order valence-corrected chi connectivity index (χ1v) is 8.25. The van der Waals surface area contributed by atoms with E-state index in [9.17, 15) is 4.79 Å². The normalized spacial score (nSPS) is 28.0. The maximum absolute atomic E-state index is 12.9. The lowest BCUT2D eigenvalue weighted by molar-refractivity contribution is -0.125. The van der Waals surface area contributed by atoms with Gasteiger partial charge in [0.1, 0.15) is 5.75 Å². The SMILES string of the molecule is CCCC1(C(=O)CC2CCOc3ccccc32)CCCN1. The van der Waals surface area contributed by atoms with Crippen LogP contribution >= 0.6 is 0 Å². The molecule has 0 bridgehead atoms. The average Bonchev–Trinajstić information content (AvgIpc) is 2.98. The molecule has 0 saturated carbocycles. The molecule has 1 saturated heterocycles. The summed E-state index contributed by atoms with van der Waals surface area (Å²) in [5.41, 5.74) is 0.962. The summed E-state index contributed by atoms with van der Waals surface area (Å²) in [5.74, 6) is 1.69. The van der Waals surface area contributed by atoms with E-state index in [-0.39, 0.29) is 5.54 Å². The summed E-state index contributed by atoms with van der Waals surface area (Å²) in [6.07, 6.45) is 5.75. The van der Waals surface area contributed by atoms with Gasteiger partial charge in [0.2, 0.25) is 0 Å². The van der Waals surface area contributed by atoms with Crippen molar-refractivity contribution in [3.8, 4) is 5.75 Å². The zero-order valence-electron chi connectivity index (χ0n) is 12.9. The van der Waals surface area contributed by atoms with Gasteiger partial charge in [0.25, 0.3) is 0 Å². The number of hydrogen-bond acceptors (Lipinski definition) is 3. The van der Waals surface area contributed by atoms with Crippen molar-refractivity contribution in [1.29, 1.82) is 0 Å². The summed E-state index contributed by atoms with van der Waals surface area (Å²) >= 11 is 0. The van der Waals surface area contributed by atoms with Crippen LogP contribution in [0.5, 0.6) is 5.75 Å². The number of carbonyl (C=O) groups excluding carboxylic acids is 1. The highest BCUT2D eigenvalue weighted by atomic mass is 16.5. The third-order valence-corrected chi connectivity index (χ3v) is 4.97. The van der Waals surface area contributed by atoms with Crippen molar-refractivity contribution in [2.24, 2.45) is 0 Å². The number of ether oxygens (including phenoxy) is 1. The van der Waals surface area contributed by atoms with Gasteiger partial charge in [0.15, 0.2) is 5.78 Å². The average molecular weight is 287 g/mol. The summed E-state index contributed by atoms with van der Waals surface area (Å²) in [6, 6.07) is 8.17. The van der Waals surface area contributed by atoms with Crippen molar-refractivity contribution in [1.82, 2.24) is 5.32 Å². The first-order valence-electron chi connectivity index (χ1n) is 8.25. The van der Waals surface area contributed by atoms with E-state index in [1.807, 2.05) is 18.2 Å². The van der Waals surface area contributed by atoms with Crippen LogP contribution in [0.2, 0.25) is 0 Å². The van der Waals surface area contributed by atoms with Crippen molar-refractivity contribution in [2.75, 3.05) is 13.2 Å². The van der Waals surface area contributed by atoms with Gasteiger partial charge in [-0.2, -0.15) is 0 Å². The van der Waals surface area contributed by atoms with Crippen LogP contribution in [0, 0.1) is 0 Å². The second-order valence-corrected chi connectivity index (χ2v) is 6.36. The Kier molecular flexibility index (Phi) is 4.29. The number of hydrogen-bond donors (Lipinski definition) is 1. The Balaban J connectivity index is 1.76. The molecule has 114 valence electrons. The van der Waals surface area contributed by atoms with Gasteiger partial charge in [-0.3, -0.25) is 4.79 Å². The Labute approximate surface area is 127 Å². The molecule has 3 rings (SSSR count). The second-order valence-electron chi connectivity index (χ2n) is 6.36. The van der Waals surface area contributed by atoms with Gasteiger partial charge in [0, 0.05) is 6.42 Å². The van der Waals surface area contributed by atoms with E-state index in [1.54, 1.807) is 0 Å². The third kappa shape index (κ3) is 2.84. The number of carbonyl (C=O) groups is 1. The molecule has 1 N–H and O–H groups in total. The Hall–Kier alpha value is -1.35. The zero-order chi connectivity index (χ0) is 14.7. The Morgan fingerprint density at radius 3 is 3.05 bits per heavy atom. The van der Waals surface area contributed by atoms with Crippen molar-refractivity contribution in [3.05, 3.63) is 29.8 Å². The summed E-state index contributed by atoms with van der Waals surface area (Å²) < 4.78 is 5.71. The highest BCUT2D eigenvalue weighted by Crippen LogP contribution is 2.38. The summed E-state index contributed by atoms with van der Waals surface area (Å²) in [4.78, 5) is 12.9. The molecule has 1 aromatic carbocycles. The predicted octanol–water partition coefficient (Wildman–Crippen LogP) is 3.43. The molecule has 2 aliphatic rings. The van der Waals surface area contributed by atoms with E-state index >= 15 is 0 Å². The Morgan fingerprint density at radius 1 is 1.43 bits per heavy atom. The lowest BCUT2D eigenvalue weighted by Crippen LogP contribution is -2.48. The van der Waals surface area contributed by atoms with E-state index in [4.69, 9.17) is 4.74 Å². The van der Waals surface area contributed by atoms with Gasteiger partial charge in [0.05, 0.1) is 12.1 Å². The van der Waals surface area contributed by atoms with Gasteiger partial charge in [-0.1, -0.05) is 31.5 Å². The molecule has 2 heterocycles. The molecule has 0 spiro atoms. The molecular formula is C18H25NO2. The molecule has 21 heavy (non-hydrogen) atoms. The third-order valence-electron chi connectivity index (χ3n) is 4.97. The van der Waals surface area contributed by atoms with Gasteiger partial charge < -0.3 is 10.1 Å². The van der Waals surface area contributed by atoms with E-state index in [2.05, 4.69) is 18.3 Å². The van der Waals surface area contributed by atoms with Gasteiger partial charge in [-0.15, -0.1) is 0 Å². The number of ketones is 1. The van der Waals surface area contributed by atoms with E-state index in [0.29, 0.717) is 18.1 Å². The molecular weight excluding hydrogens is 262 g/mol. The predicted molar refractivity (Wildman–Crippen MR) is 83.8 cm³/mol. The quantitative estimate of drug-likeness (QED) is 0.901. The molecule has 0 aliphatic carbocycles.